The Kier molecular flexibility index (Phi) is 4.46. The van der Waals surface area contributed by atoms with Crippen LogP contribution < -0.4 is 11.1 Å². The van der Waals surface area contributed by atoms with Crippen molar-refractivity contribution in [2.24, 2.45) is 0 Å². The number of nitrogens with two attached hydrogens (primary N) is 1. The third-order valence-corrected chi connectivity index (χ3v) is 4.38. The van der Waals surface area contributed by atoms with Crippen molar-refractivity contribution in [3.8, 4) is 11.4 Å². The Balaban J connectivity index is 1.61. The van der Waals surface area contributed by atoms with E-state index in [0.717, 1.165) is 12.1 Å². The van der Waals surface area contributed by atoms with Crippen LogP contribution in [0.2, 0.25) is 0 Å². The molecule has 29 heavy (non-hydrogen) atoms. The summed E-state index contributed by atoms with van der Waals surface area (Å²) in [7, 11) is 0. The number of hydrogen-bond donors (Lipinski definition) is 3. The SMILES string of the molecule is Nc1ccc(C(=O)Nc2ccc3nc(-c4cccc(C(F)(F)F)c4)[nH]c3c2)cc1. The van der Waals surface area contributed by atoms with Gasteiger partial charge < -0.3 is 16.0 Å². The van der Waals surface area contributed by atoms with Crippen molar-refractivity contribution < 1.29 is 18.0 Å². The maximum atomic E-state index is 12.9. The number of imidazole rings is 1. The molecule has 0 saturated heterocycles. The molecule has 0 saturated carbocycles. The first-order valence-corrected chi connectivity index (χ1v) is 8.64. The number of carbonyl (C=O) groups excluding carboxylic acids is 1. The predicted octanol–water partition coefficient (Wildman–Crippen LogP) is 5.08. The lowest BCUT2D eigenvalue weighted by Crippen LogP contribution is -2.11. The summed E-state index contributed by atoms with van der Waals surface area (Å²) >= 11 is 0. The van der Waals surface area contributed by atoms with Gasteiger partial charge in [0, 0.05) is 22.5 Å². The lowest BCUT2D eigenvalue weighted by atomic mass is 10.1. The van der Waals surface area contributed by atoms with Gasteiger partial charge in [-0.1, -0.05) is 12.1 Å². The number of aromatic nitrogens is 2. The smallest absolute Gasteiger partial charge is 0.399 e. The molecule has 4 N–H and O–H groups in total. The number of nitrogen functional groups attached to an aromatic ring is 1. The molecule has 146 valence electrons. The number of halogens is 3. The minimum Gasteiger partial charge on any atom is -0.399 e. The van der Waals surface area contributed by atoms with E-state index in [2.05, 4.69) is 15.3 Å². The number of carbonyl (C=O) groups is 1. The molecule has 4 rings (SSSR count). The summed E-state index contributed by atoms with van der Waals surface area (Å²) in [5.74, 6) is 0.00933. The van der Waals surface area contributed by atoms with Gasteiger partial charge in [-0.2, -0.15) is 13.2 Å². The fraction of sp³-hybridized carbons (Fsp3) is 0.0476. The van der Waals surface area contributed by atoms with Crippen LogP contribution in [0.1, 0.15) is 15.9 Å². The summed E-state index contributed by atoms with van der Waals surface area (Å²) < 4.78 is 38.8. The third kappa shape index (κ3) is 3.91. The molecule has 1 aromatic heterocycles. The molecule has 0 bridgehead atoms. The van der Waals surface area contributed by atoms with Crippen LogP contribution in [0, 0.1) is 0 Å². The molecule has 0 radical (unpaired) electrons. The van der Waals surface area contributed by atoms with Crippen LogP contribution in [-0.2, 0) is 6.18 Å². The second kappa shape index (κ2) is 6.97. The van der Waals surface area contributed by atoms with Gasteiger partial charge in [-0.3, -0.25) is 4.79 Å². The van der Waals surface area contributed by atoms with Gasteiger partial charge in [0.15, 0.2) is 0 Å². The molecular formula is C21H15F3N4O. The van der Waals surface area contributed by atoms with Crippen LogP contribution in [0.5, 0.6) is 0 Å². The molecule has 4 aromatic rings. The molecule has 0 aliphatic carbocycles. The number of aromatic amines is 1. The van der Waals surface area contributed by atoms with Crippen molar-refractivity contribution in [3.05, 3.63) is 77.9 Å². The zero-order chi connectivity index (χ0) is 20.6. The van der Waals surface area contributed by atoms with Gasteiger partial charge in [0.05, 0.1) is 16.6 Å². The number of amides is 1. The Hall–Kier alpha value is -3.81. The first-order chi connectivity index (χ1) is 13.8. The van der Waals surface area contributed by atoms with Crippen LogP contribution >= 0.6 is 0 Å². The van der Waals surface area contributed by atoms with Gasteiger partial charge in [-0.25, -0.2) is 4.98 Å². The highest BCUT2D eigenvalue weighted by atomic mass is 19.4. The van der Waals surface area contributed by atoms with Crippen LogP contribution in [0.25, 0.3) is 22.4 Å². The standard InChI is InChI=1S/C21H15F3N4O/c22-21(23,24)14-3-1-2-13(10-14)19-27-17-9-8-16(11-18(17)28-19)26-20(29)12-4-6-15(25)7-5-12/h1-11H,25H2,(H,26,29)(H,27,28). The van der Waals surface area contributed by atoms with Crippen molar-refractivity contribution in [3.63, 3.8) is 0 Å². The van der Waals surface area contributed by atoms with Crippen molar-refractivity contribution in [2.75, 3.05) is 11.1 Å². The maximum Gasteiger partial charge on any atom is 0.416 e. The lowest BCUT2D eigenvalue weighted by Gasteiger charge is -2.07. The minimum absolute atomic E-state index is 0.304. The molecule has 0 spiro atoms. The number of nitrogens with zero attached hydrogens (tertiary/aromatic N) is 1. The number of nitrogens with one attached hydrogen (secondary N) is 2. The van der Waals surface area contributed by atoms with Gasteiger partial charge in [0.25, 0.3) is 5.91 Å². The molecule has 0 fully saturated rings. The Morgan fingerprint density at radius 3 is 2.48 bits per heavy atom. The quantitative estimate of drug-likeness (QED) is 0.422. The molecule has 0 aliphatic heterocycles. The van der Waals surface area contributed by atoms with Crippen molar-refractivity contribution in [2.45, 2.75) is 6.18 Å². The van der Waals surface area contributed by atoms with Gasteiger partial charge in [0.2, 0.25) is 0 Å². The van der Waals surface area contributed by atoms with E-state index in [1.807, 2.05) is 0 Å². The zero-order valence-corrected chi connectivity index (χ0v) is 14.9. The number of alkyl halides is 3. The predicted molar refractivity (Wildman–Crippen MR) is 105 cm³/mol. The van der Waals surface area contributed by atoms with E-state index in [4.69, 9.17) is 5.73 Å². The van der Waals surface area contributed by atoms with E-state index in [9.17, 15) is 18.0 Å². The molecule has 1 amide bonds. The van der Waals surface area contributed by atoms with Crippen LogP contribution in [0.4, 0.5) is 24.5 Å². The van der Waals surface area contributed by atoms with Crippen LogP contribution in [0.3, 0.4) is 0 Å². The number of rotatable bonds is 3. The Morgan fingerprint density at radius 1 is 1.00 bits per heavy atom. The highest BCUT2D eigenvalue weighted by molar-refractivity contribution is 6.05. The summed E-state index contributed by atoms with van der Waals surface area (Å²) in [4.78, 5) is 19.7. The Bertz CT molecular complexity index is 1200. The van der Waals surface area contributed by atoms with Crippen molar-refractivity contribution in [1.29, 1.82) is 0 Å². The second-order valence-corrected chi connectivity index (χ2v) is 6.47. The van der Waals surface area contributed by atoms with E-state index in [1.54, 1.807) is 48.5 Å². The van der Waals surface area contributed by atoms with E-state index in [1.165, 1.54) is 6.07 Å². The molecule has 8 heteroatoms. The van der Waals surface area contributed by atoms with Gasteiger partial charge in [-0.05, 0) is 54.6 Å². The monoisotopic (exact) mass is 396 g/mol. The molecule has 5 nitrogen and oxygen atoms in total. The second-order valence-electron chi connectivity index (χ2n) is 6.47. The van der Waals surface area contributed by atoms with Gasteiger partial charge in [0.1, 0.15) is 5.82 Å². The van der Waals surface area contributed by atoms with E-state index < -0.39 is 11.7 Å². The van der Waals surface area contributed by atoms with E-state index in [-0.39, 0.29) is 5.91 Å². The molecular weight excluding hydrogens is 381 g/mol. The van der Waals surface area contributed by atoms with Crippen LogP contribution in [0.15, 0.2) is 66.7 Å². The molecule has 3 aromatic carbocycles. The average Bonchev–Trinajstić information content (AvgIpc) is 3.11. The van der Waals surface area contributed by atoms with Crippen molar-refractivity contribution in [1.82, 2.24) is 9.97 Å². The summed E-state index contributed by atoms with van der Waals surface area (Å²) in [6.07, 6.45) is -4.43. The molecule has 1 heterocycles. The fourth-order valence-corrected chi connectivity index (χ4v) is 2.90. The number of benzene rings is 3. The van der Waals surface area contributed by atoms with Gasteiger partial charge >= 0.3 is 6.18 Å². The number of H-pyrrole nitrogens is 1. The van der Waals surface area contributed by atoms with E-state index in [0.29, 0.717) is 39.4 Å². The fourth-order valence-electron chi connectivity index (χ4n) is 2.90. The summed E-state index contributed by atoms with van der Waals surface area (Å²) in [6, 6.07) is 16.5. The number of anilines is 2. The number of hydrogen-bond acceptors (Lipinski definition) is 3. The summed E-state index contributed by atoms with van der Waals surface area (Å²) in [5, 5.41) is 2.77. The largest absolute Gasteiger partial charge is 0.416 e. The normalized spacial score (nSPS) is 11.6. The van der Waals surface area contributed by atoms with Gasteiger partial charge in [-0.15, -0.1) is 0 Å². The van der Waals surface area contributed by atoms with Crippen LogP contribution in [-0.4, -0.2) is 15.9 Å². The van der Waals surface area contributed by atoms with Crippen molar-refractivity contribution >= 4 is 28.3 Å². The topological polar surface area (TPSA) is 83.8 Å². The molecule has 0 unspecified atom stereocenters. The Morgan fingerprint density at radius 2 is 1.76 bits per heavy atom. The molecule has 0 atom stereocenters. The summed E-state index contributed by atoms with van der Waals surface area (Å²) in [5.41, 5.74) is 7.90. The van der Waals surface area contributed by atoms with E-state index >= 15 is 0 Å². The zero-order valence-electron chi connectivity index (χ0n) is 14.9. The molecule has 0 aliphatic rings. The minimum atomic E-state index is -4.43. The highest BCUT2D eigenvalue weighted by Crippen LogP contribution is 2.32. The highest BCUT2D eigenvalue weighted by Gasteiger charge is 2.30. The first-order valence-electron chi connectivity index (χ1n) is 8.64. The number of fused-ring (bicyclic) bond motifs is 1. The summed E-state index contributed by atoms with van der Waals surface area (Å²) in [6.45, 7) is 0. The third-order valence-electron chi connectivity index (χ3n) is 4.38. The lowest BCUT2D eigenvalue weighted by molar-refractivity contribution is -0.137. The average molecular weight is 396 g/mol. The Labute approximate surface area is 163 Å². The maximum absolute atomic E-state index is 12.9. The first kappa shape index (κ1) is 18.5.